The van der Waals surface area contributed by atoms with E-state index < -0.39 is 0 Å². The van der Waals surface area contributed by atoms with E-state index in [2.05, 4.69) is 17.0 Å². The number of aliphatic hydroxyl groups excluding tert-OH is 1. The normalized spacial score (nSPS) is 28.7. The van der Waals surface area contributed by atoms with Crippen LogP contribution in [0.4, 0.5) is 0 Å². The molecule has 1 aliphatic heterocycles. The number of nitrogens with zero attached hydrogens (tertiary/aromatic N) is 1. The Morgan fingerprint density at radius 3 is 2.43 bits per heavy atom. The van der Waals surface area contributed by atoms with Gasteiger partial charge in [0.05, 0.1) is 6.10 Å². The molecule has 2 aliphatic rings. The molecule has 0 bridgehead atoms. The van der Waals surface area contributed by atoms with Crippen molar-refractivity contribution in [3.8, 4) is 0 Å². The first kappa shape index (κ1) is 15.3. The van der Waals surface area contributed by atoms with E-state index >= 15 is 0 Å². The van der Waals surface area contributed by atoms with Gasteiger partial charge >= 0.3 is 0 Å². The summed E-state index contributed by atoms with van der Waals surface area (Å²) in [6, 6.07) is 9.08. The van der Waals surface area contributed by atoms with E-state index in [4.69, 9.17) is 11.6 Å². The minimum atomic E-state index is -0.184. The third-order valence-corrected chi connectivity index (χ3v) is 5.44. The Morgan fingerprint density at radius 1 is 1.00 bits per heavy atom. The van der Waals surface area contributed by atoms with Crippen LogP contribution < -0.4 is 0 Å². The monoisotopic (exact) mass is 307 g/mol. The van der Waals surface area contributed by atoms with Crippen molar-refractivity contribution in [3.05, 3.63) is 34.9 Å². The fourth-order valence-electron chi connectivity index (χ4n) is 4.04. The van der Waals surface area contributed by atoms with Gasteiger partial charge in [0.25, 0.3) is 0 Å². The van der Waals surface area contributed by atoms with Gasteiger partial charge in [0.1, 0.15) is 0 Å². The van der Waals surface area contributed by atoms with Gasteiger partial charge in [-0.2, -0.15) is 0 Å². The molecule has 21 heavy (non-hydrogen) atoms. The molecule has 0 spiro atoms. The standard InChI is InChI=1S/C18H26ClNO/c19-15-10-8-14(9-11-15)13-17-18(21)7-4-12-20(17)16-5-2-1-3-6-16/h8-11,16-18,21H,1-7,12-13H2/t17-,18-/m0/s1. The summed E-state index contributed by atoms with van der Waals surface area (Å²) >= 11 is 5.97. The smallest absolute Gasteiger partial charge is 0.0699 e. The first-order valence-electron chi connectivity index (χ1n) is 8.42. The zero-order valence-corrected chi connectivity index (χ0v) is 13.4. The summed E-state index contributed by atoms with van der Waals surface area (Å²) in [4.78, 5) is 2.61. The van der Waals surface area contributed by atoms with Crippen molar-refractivity contribution in [2.75, 3.05) is 6.54 Å². The highest BCUT2D eigenvalue weighted by Gasteiger charge is 2.34. The van der Waals surface area contributed by atoms with Crippen LogP contribution in [0.3, 0.4) is 0 Å². The van der Waals surface area contributed by atoms with Gasteiger partial charge in [-0.15, -0.1) is 0 Å². The molecule has 1 aliphatic carbocycles. The molecular weight excluding hydrogens is 282 g/mol. The summed E-state index contributed by atoms with van der Waals surface area (Å²) in [6.45, 7) is 1.15. The van der Waals surface area contributed by atoms with E-state index in [0.29, 0.717) is 6.04 Å². The lowest BCUT2D eigenvalue weighted by Gasteiger charge is -2.45. The zero-order valence-electron chi connectivity index (χ0n) is 12.7. The molecule has 0 amide bonds. The second-order valence-electron chi connectivity index (χ2n) is 6.64. The molecule has 1 N–H and O–H groups in total. The summed E-state index contributed by atoms with van der Waals surface area (Å²) < 4.78 is 0. The van der Waals surface area contributed by atoms with Crippen LogP contribution in [-0.4, -0.2) is 34.7 Å². The molecule has 0 unspecified atom stereocenters. The highest BCUT2D eigenvalue weighted by atomic mass is 35.5. The molecule has 1 aromatic carbocycles. The first-order chi connectivity index (χ1) is 10.2. The Morgan fingerprint density at radius 2 is 1.71 bits per heavy atom. The fourth-order valence-corrected chi connectivity index (χ4v) is 4.17. The zero-order chi connectivity index (χ0) is 14.7. The van der Waals surface area contributed by atoms with Gasteiger partial charge in [-0.25, -0.2) is 0 Å². The highest BCUT2D eigenvalue weighted by molar-refractivity contribution is 6.30. The molecule has 2 nitrogen and oxygen atoms in total. The highest BCUT2D eigenvalue weighted by Crippen LogP contribution is 2.30. The van der Waals surface area contributed by atoms with Gasteiger partial charge in [0.15, 0.2) is 0 Å². The van der Waals surface area contributed by atoms with E-state index in [-0.39, 0.29) is 12.1 Å². The van der Waals surface area contributed by atoms with Crippen molar-refractivity contribution in [1.82, 2.24) is 4.90 Å². The molecule has 3 rings (SSSR count). The van der Waals surface area contributed by atoms with Gasteiger partial charge in [-0.3, -0.25) is 4.90 Å². The number of likely N-dealkylation sites (tertiary alicyclic amines) is 1. The summed E-state index contributed by atoms with van der Waals surface area (Å²) in [5.74, 6) is 0. The minimum Gasteiger partial charge on any atom is -0.391 e. The van der Waals surface area contributed by atoms with Crippen LogP contribution in [0.25, 0.3) is 0 Å². The van der Waals surface area contributed by atoms with Crippen molar-refractivity contribution in [2.45, 2.75) is 69.6 Å². The molecule has 116 valence electrons. The molecule has 1 heterocycles. The number of hydrogen-bond donors (Lipinski definition) is 1. The molecule has 0 aromatic heterocycles. The Balaban J connectivity index is 1.72. The molecule has 0 radical (unpaired) electrons. The largest absolute Gasteiger partial charge is 0.391 e. The van der Waals surface area contributed by atoms with Crippen LogP contribution in [0.1, 0.15) is 50.5 Å². The number of benzene rings is 1. The van der Waals surface area contributed by atoms with Crippen LogP contribution in [-0.2, 0) is 6.42 Å². The Kier molecular flexibility index (Phi) is 5.20. The molecule has 1 saturated heterocycles. The van der Waals surface area contributed by atoms with E-state index in [9.17, 15) is 5.11 Å². The lowest BCUT2D eigenvalue weighted by atomic mass is 9.87. The Hall–Kier alpha value is -0.570. The number of halogens is 1. The average molecular weight is 308 g/mol. The maximum atomic E-state index is 10.5. The van der Waals surface area contributed by atoms with E-state index in [1.54, 1.807) is 0 Å². The second kappa shape index (κ2) is 7.13. The molecule has 3 heteroatoms. The van der Waals surface area contributed by atoms with Gasteiger partial charge < -0.3 is 5.11 Å². The third-order valence-electron chi connectivity index (χ3n) is 5.19. The first-order valence-corrected chi connectivity index (χ1v) is 8.80. The quantitative estimate of drug-likeness (QED) is 0.911. The third kappa shape index (κ3) is 3.80. The number of aliphatic hydroxyl groups is 1. The Labute approximate surface area is 133 Å². The molecule has 1 saturated carbocycles. The summed E-state index contributed by atoms with van der Waals surface area (Å²) in [5, 5.41) is 11.3. The summed E-state index contributed by atoms with van der Waals surface area (Å²) in [5.41, 5.74) is 1.28. The lowest BCUT2D eigenvalue weighted by molar-refractivity contribution is -0.0202. The predicted octanol–water partition coefficient (Wildman–Crippen LogP) is 4.04. The van der Waals surface area contributed by atoms with Gasteiger partial charge in [0, 0.05) is 17.1 Å². The molecular formula is C18H26ClNO. The number of rotatable bonds is 3. The van der Waals surface area contributed by atoms with Crippen LogP contribution in [0.15, 0.2) is 24.3 Å². The van der Waals surface area contributed by atoms with Crippen LogP contribution >= 0.6 is 11.6 Å². The molecule has 2 fully saturated rings. The van der Waals surface area contributed by atoms with Crippen LogP contribution in [0.2, 0.25) is 5.02 Å². The molecule has 2 atom stereocenters. The number of hydrogen-bond acceptors (Lipinski definition) is 2. The fraction of sp³-hybridized carbons (Fsp3) is 0.667. The van der Waals surface area contributed by atoms with Crippen molar-refractivity contribution >= 4 is 11.6 Å². The van der Waals surface area contributed by atoms with Gasteiger partial charge in [-0.05, 0) is 56.3 Å². The number of piperidine rings is 1. The predicted molar refractivity (Wildman–Crippen MR) is 87.8 cm³/mol. The topological polar surface area (TPSA) is 23.5 Å². The second-order valence-corrected chi connectivity index (χ2v) is 7.07. The van der Waals surface area contributed by atoms with Crippen molar-refractivity contribution in [1.29, 1.82) is 0 Å². The van der Waals surface area contributed by atoms with E-state index in [1.165, 1.54) is 37.7 Å². The molecule has 1 aromatic rings. The van der Waals surface area contributed by atoms with Crippen molar-refractivity contribution in [2.24, 2.45) is 0 Å². The summed E-state index contributed by atoms with van der Waals surface area (Å²) in [7, 11) is 0. The maximum Gasteiger partial charge on any atom is 0.0699 e. The van der Waals surface area contributed by atoms with Crippen molar-refractivity contribution < 1.29 is 5.11 Å². The average Bonchev–Trinajstić information content (AvgIpc) is 2.52. The summed E-state index contributed by atoms with van der Waals surface area (Å²) in [6.07, 6.45) is 9.54. The van der Waals surface area contributed by atoms with Crippen LogP contribution in [0, 0.1) is 0 Å². The van der Waals surface area contributed by atoms with Gasteiger partial charge in [0.2, 0.25) is 0 Å². The minimum absolute atomic E-state index is 0.184. The Bertz CT molecular complexity index is 441. The van der Waals surface area contributed by atoms with Crippen LogP contribution in [0.5, 0.6) is 0 Å². The van der Waals surface area contributed by atoms with E-state index in [0.717, 1.165) is 30.8 Å². The van der Waals surface area contributed by atoms with Gasteiger partial charge in [-0.1, -0.05) is 43.0 Å². The lowest BCUT2D eigenvalue weighted by Crippen LogP contribution is -2.54. The maximum absolute atomic E-state index is 10.5. The van der Waals surface area contributed by atoms with E-state index in [1.807, 2.05) is 12.1 Å². The van der Waals surface area contributed by atoms with Crippen molar-refractivity contribution in [3.63, 3.8) is 0 Å². The SMILES string of the molecule is O[C@H]1CCCN(C2CCCCC2)[C@H]1Cc1ccc(Cl)cc1.